The van der Waals surface area contributed by atoms with Crippen molar-refractivity contribution in [2.75, 3.05) is 38.7 Å². The molecule has 5 rings (SSSR count). The van der Waals surface area contributed by atoms with Crippen LogP contribution < -0.4 is 10.6 Å². The van der Waals surface area contributed by atoms with Crippen molar-refractivity contribution in [3.63, 3.8) is 0 Å². The van der Waals surface area contributed by atoms with Crippen LogP contribution >= 0.6 is 0 Å². The molecule has 2 heterocycles. The first-order valence-corrected chi connectivity index (χ1v) is 12.1. The van der Waals surface area contributed by atoms with Crippen molar-refractivity contribution < 1.29 is 13.9 Å². The first kappa shape index (κ1) is 23.9. The van der Waals surface area contributed by atoms with Crippen LogP contribution in [0, 0.1) is 5.82 Å². The number of amides is 2. The average molecular weight is 485 g/mol. The van der Waals surface area contributed by atoms with E-state index in [0.717, 1.165) is 30.6 Å². The number of methoxy groups -OCH3 is 1. The van der Waals surface area contributed by atoms with E-state index in [0.29, 0.717) is 23.4 Å². The van der Waals surface area contributed by atoms with Gasteiger partial charge in [-0.3, -0.25) is 9.88 Å². The fourth-order valence-electron chi connectivity index (χ4n) is 4.93. The van der Waals surface area contributed by atoms with Gasteiger partial charge in [0, 0.05) is 55.2 Å². The van der Waals surface area contributed by atoms with E-state index >= 15 is 0 Å². The largest absolute Gasteiger partial charge is 0.383 e. The molecular weight excluding hydrogens is 455 g/mol. The lowest BCUT2D eigenvalue weighted by Crippen LogP contribution is -2.42. The lowest BCUT2D eigenvalue weighted by Gasteiger charge is -2.21. The fraction of sp³-hybridized carbons (Fsp3) is 0.241. The minimum absolute atomic E-state index is 0.0789. The molecule has 2 atom stereocenters. The topological polar surface area (TPSA) is 66.5 Å². The summed E-state index contributed by atoms with van der Waals surface area (Å²) in [6, 6.07) is 24.0. The van der Waals surface area contributed by atoms with E-state index in [2.05, 4.69) is 32.7 Å². The molecule has 0 aliphatic carbocycles. The Morgan fingerprint density at radius 1 is 1.06 bits per heavy atom. The number of carbonyl (C=O) groups excluding carboxylic acids is 1. The summed E-state index contributed by atoms with van der Waals surface area (Å²) in [5.41, 5.74) is 3.25. The van der Waals surface area contributed by atoms with E-state index in [9.17, 15) is 9.18 Å². The number of likely N-dealkylation sites (tertiary alicyclic amines) is 1. The maximum atomic E-state index is 13.9. The van der Waals surface area contributed by atoms with Crippen LogP contribution in [0.5, 0.6) is 0 Å². The van der Waals surface area contributed by atoms with Crippen LogP contribution in [0.15, 0.2) is 85.1 Å². The Hall–Kier alpha value is -3.81. The Morgan fingerprint density at radius 2 is 1.81 bits per heavy atom. The van der Waals surface area contributed by atoms with E-state index < -0.39 is 0 Å². The molecule has 1 aliphatic rings. The number of anilines is 1. The van der Waals surface area contributed by atoms with Gasteiger partial charge in [-0.15, -0.1) is 0 Å². The number of fused-ring (bicyclic) bond motifs is 1. The molecule has 7 heteroatoms. The zero-order valence-corrected chi connectivity index (χ0v) is 20.2. The Kier molecular flexibility index (Phi) is 7.21. The fourth-order valence-corrected chi connectivity index (χ4v) is 4.93. The van der Waals surface area contributed by atoms with Gasteiger partial charge in [0.05, 0.1) is 24.0 Å². The van der Waals surface area contributed by atoms with Crippen LogP contribution in [0.3, 0.4) is 0 Å². The third-order valence-electron chi connectivity index (χ3n) is 6.69. The van der Waals surface area contributed by atoms with E-state index in [1.807, 2.05) is 48.5 Å². The van der Waals surface area contributed by atoms with Gasteiger partial charge >= 0.3 is 6.03 Å². The number of urea groups is 1. The van der Waals surface area contributed by atoms with Crippen molar-refractivity contribution in [3.8, 4) is 11.3 Å². The number of nitrogens with one attached hydrogen (secondary N) is 2. The zero-order valence-electron chi connectivity index (χ0n) is 20.2. The van der Waals surface area contributed by atoms with Crippen molar-refractivity contribution >= 4 is 22.5 Å². The second kappa shape index (κ2) is 10.8. The SMILES string of the molecule is COCCN1C[C@@H](NC(=O)Nc2c(-c3ccccc3)ncc3cc(F)ccc23)[C@H](c2ccccc2)C1. The van der Waals surface area contributed by atoms with Gasteiger partial charge in [0.25, 0.3) is 0 Å². The maximum Gasteiger partial charge on any atom is 0.319 e. The molecule has 4 aromatic rings. The minimum atomic E-state index is -0.347. The molecule has 6 nitrogen and oxygen atoms in total. The number of nitrogens with zero attached hydrogens (tertiary/aromatic N) is 2. The van der Waals surface area contributed by atoms with Gasteiger partial charge in [-0.25, -0.2) is 9.18 Å². The van der Waals surface area contributed by atoms with E-state index in [4.69, 9.17) is 4.74 Å². The highest BCUT2D eigenvalue weighted by Crippen LogP contribution is 2.33. The van der Waals surface area contributed by atoms with Gasteiger partial charge in [-0.1, -0.05) is 60.7 Å². The van der Waals surface area contributed by atoms with Crippen molar-refractivity contribution in [1.29, 1.82) is 0 Å². The first-order valence-electron chi connectivity index (χ1n) is 12.1. The third-order valence-corrected chi connectivity index (χ3v) is 6.69. The van der Waals surface area contributed by atoms with E-state index in [1.54, 1.807) is 19.4 Å². The number of pyridine rings is 1. The molecule has 1 aromatic heterocycles. The van der Waals surface area contributed by atoms with Gasteiger partial charge in [-0.05, 0) is 23.8 Å². The smallest absolute Gasteiger partial charge is 0.319 e. The summed E-state index contributed by atoms with van der Waals surface area (Å²) in [6.45, 7) is 3.00. The van der Waals surface area contributed by atoms with Crippen molar-refractivity contribution in [3.05, 3.63) is 96.4 Å². The molecule has 1 aliphatic heterocycles. The number of hydrogen-bond acceptors (Lipinski definition) is 4. The minimum Gasteiger partial charge on any atom is -0.383 e. The highest BCUT2D eigenvalue weighted by molar-refractivity contribution is 6.06. The molecule has 0 saturated carbocycles. The highest BCUT2D eigenvalue weighted by Gasteiger charge is 2.34. The number of benzene rings is 3. The number of halogens is 1. The van der Waals surface area contributed by atoms with Gasteiger partial charge < -0.3 is 15.4 Å². The number of rotatable bonds is 7. The summed E-state index contributed by atoms with van der Waals surface area (Å²) < 4.78 is 19.2. The number of carbonyl (C=O) groups is 1. The molecule has 184 valence electrons. The van der Waals surface area contributed by atoms with Crippen LogP contribution in [0.2, 0.25) is 0 Å². The number of aromatic nitrogens is 1. The molecular formula is C29H29FN4O2. The molecule has 36 heavy (non-hydrogen) atoms. The van der Waals surface area contributed by atoms with E-state index in [1.165, 1.54) is 17.7 Å². The third kappa shape index (κ3) is 5.22. The van der Waals surface area contributed by atoms with Crippen molar-refractivity contribution in [1.82, 2.24) is 15.2 Å². The molecule has 0 bridgehead atoms. The Bertz CT molecular complexity index is 1330. The second-order valence-electron chi connectivity index (χ2n) is 9.05. The van der Waals surface area contributed by atoms with Crippen molar-refractivity contribution in [2.24, 2.45) is 0 Å². The summed E-state index contributed by atoms with van der Waals surface area (Å²) in [7, 11) is 1.70. The number of ether oxygens (including phenoxy) is 1. The molecule has 2 amide bonds. The summed E-state index contributed by atoms with van der Waals surface area (Å²) in [5, 5.41) is 7.61. The van der Waals surface area contributed by atoms with Crippen molar-refractivity contribution in [2.45, 2.75) is 12.0 Å². The predicted molar refractivity (Wildman–Crippen MR) is 141 cm³/mol. The standard InChI is InChI=1S/C29H29FN4O2/c1-36-15-14-34-18-25(20-8-4-2-5-9-20)26(19-34)32-29(35)33-28-24-13-12-23(30)16-22(24)17-31-27(28)21-10-6-3-7-11-21/h2-13,16-17,25-26H,14-15,18-19H2,1H3,(H2,32,33,35)/t25-,26+/m0/s1. The quantitative estimate of drug-likeness (QED) is 0.375. The first-order chi connectivity index (χ1) is 17.6. The molecule has 2 N–H and O–H groups in total. The van der Waals surface area contributed by atoms with Gasteiger partial charge in [0.2, 0.25) is 0 Å². The maximum absolute atomic E-state index is 13.9. The normalized spacial score (nSPS) is 17.8. The molecule has 0 spiro atoms. The molecule has 3 aromatic carbocycles. The molecule has 1 fully saturated rings. The zero-order chi connectivity index (χ0) is 24.9. The Morgan fingerprint density at radius 3 is 2.56 bits per heavy atom. The van der Waals surface area contributed by atoms with Crippen LogP contribution in [0.25, 0.3) is 22.0 Å². The average Bonchev–Trinajstić information content (AvgIpc) is 3.30. The van der Waals surface area contributed by atoms with Crippen LogP contribution in [-0.2, 0) is 4.74 Å². The second-order valence-corrected chi connectivity index (χ2v) is 9.05. The van der Waals surface area contributed by atoms with Crippen LogP contribution in [-0.4, -0.2) is 55.3 Å². The lowest BCUT2D eigenvalue weighted by atomic mass is 9.94. The van der Waals surface area contributed by atoms with E-state index in [-0.39, 0.29) is 23.8 Å². The summed E-state index contributed by atoms with van der Waals surface area (Å²) in [6.07, 6.45) is 1.64. The molecule has 0 unspecified atom stereocenters. The van der Waals surface area contributed by atoms with Gasteiger partial charge in [-0.2, -0.15) is 0 Å². The highest BCUT2D eigenvalue weighted by atomic mass is 19.1. The monoisotopic (exact) mass is 484 g/mol. The van der Waals surface area contributed by atoms with Gasteiger partial charge in [0.1, 0.15) is 5.82 Å². The van der Waals surface area contributed by atoms with Crippen LogP contribution in [0.1, 0.15) is 11.5 Å². The summed E-state index contributed by atoms with van der Waals surface area (Å²) in [5.74, 6) is -0.192. The molecule has 0 radical (unpaired) electrons. The summed E-state index contributed by atoms with van der Waals surface area (Å²) in [4.78, 5) is 20.3. The number of hydrogen-bond donors (Lipinski definition) is 2. The molecule has 1 saturated heterocycles. The lowest BCUT2D eigenvalue weighted by molar-refractivity contribution is 0.159. The Labute approximate surface area is 210 Å². The van der Waals surface area contributed by atoms with Gasteiger partial charge in [0.15, 0.2) is 0 Å². The predicted octanol–water partition coefficient (Wildman–Crippen LogP) is 5.28. The van der Waals surface area contributed by atoms with Crippen LogP contribution in [0.4, 0.5) is 14.9 Å². The Balaban J connectivity index is 1.43. The summed E-state index contributed by atoms with van der Waals surface area (Å²) >= 11 is 0.